The highest BCUT2D eigenvalue weighted by molar-refractivity contribution is 5.80. The molecule has 23 heavy (non-hydrogen) atoms. The molecule has 1 aromatic carbocycles. The number of carboxylic acids is 1. The van der Waals surface area contributed by atoms with Gasteiger partial charge in [-0.2, -0.15) is 0 Å². The molecule has 0 spiro atoms. The van der Waals surface area contributed by atoms with Crippen LogP contribution in [0.3, 0.4) is 0 Å². The Morgan fingerprint density at radius 2 is 1.78 bits per heavy atom. The summed E-state index contributed by atoms with van der Waals surface area (Å²) in [7, 11) is 0. The number of aliphatic carboxylic acids is 1. The molecule has 124 valence electrons. The fourth-order valence-electron chi connectivity index (χ4n) is 3.92. The van der Waals surface area contributed by atoms with Crippen molar-refractivity contribution < 1.29 is 19.4 Å². The molecule has 1 aromatic rings. The van der Waals surface area contributed by atoms with Gasteiger partial charge in [-0.3, -0.25) is 9.69 Å². The smallest absolute Gasteiger partial charge is 0.411 e. The first-order valence-electron chi connectivity index (χ1n) is 7.98. The minimum Gasteiger partial charge on any atom is -0.481 e. The van der Waals surface area contributed by atoms with Gasteiger partial charge in [0.05, 0.1) is 11.0 Å². The van der Waals surface area contributed by atoms with E-state index in [1.54, 1.807) is 4.90 Å². The molecular weight excluding hydrogens is 294 g/mol. The first kappa shape index (κ1) is 15.8. The highest BCUT2D eigenvalue weighted by Crippen LogP contribution is 2.63. The van der Waals surface area contributed by atoms with Crippen molar-refractivity contribution in [2.75, 3.05) is 6.54 Å². The summed E-state index contributed by atoms with van der Waals surface area (Å²) in [5, 5.41) is 9.57. The lowest BCUT2D eigenvalue weighted by atomic mass is 9.50. The number of carbonyl (C=O) groups excluding carboxylic acids is 1. The monoisotopic (exact) mass is 317 g/mol. The average molecular weight is 317 g/mol. The van der Waals surface area contributed by atoms with E-state index in [1.165, 1.54) is 0 Å². The quantitative estimate of drug-likeness (QED) is 0.908. The second-order valence-corrected chi connectivity index (χ2v) is 7.72. The number of rotatable bonds is 2. The van der Waals surface area contributed by atoms with Crippen molar-refractivity contribution in [1.29, 1.82) is 0 Å². The largest absolute Gasteiger partial charge is 0.481 e. The summed E-state index contributed by atoms with van der Waals surface area (Å²) in [6.07, 6.45) is 1.04. The number of amides is 1. The van der Waals surface area contributed by atoms with Gasteiger partial charge in [0.25, 0.3) is 0 Å². The van der Waals surface area contributed by atoms with Crippen molar-refractivity contribution in [3.63, 3.8) is 0 Å². The number of hydrogen-bond acceptors (Lipinski definition) is 3. The van der Waals surface area contributed by atoms with Crippen LogP contribution in [0.25, 0.3) is 0 Å². The van der Waals surface area contributed by atoms with Gasteiger partial charge in [0.1, 0.15) is 5.60 Å². The lowest BCUT2D eigenvalue weighted by Crippen LogP contribution is -2.69. The number of hydrogen-bond donors (Lipinski definition) is 1. The van der Waals surface area contributed by atoms with Crippen LogP contribution in [0.5, 0.6) is 0 Å². The van der Waals surface area contributed by atoms with Gasteiger partial charge in [-0.15, -0.1) is 0 Å². The van der Waals surface area contributed by atoms with Gasteiger partial charge in [-0.05, 0) is 45.6 Å². The summed E-state index contributed by atoms with van der Waals surface area (Å²) < 4.78 is 5.55. The predicted octanol–water partition coefficient (Wildman–Crippen LogP) is 3.39. The Labute approximate surface area is 136 Å². The maximum atomic E-state index is 12.7. The molecule has 2 bridgehead atoms. The van der Waals surface area contributed by atoms with Crippen molar-refractivity contribution in [2.24, 2.45) is 5.41 Å². The summed E-state index contributed by atoms with van der Waals surface area (Å²) in [6.45, 7) is 5.93. The van der Waals surface area contributed by atoms with Crippen molar-refractivity contribution in [1.82, 2.24) is 4.90 Å². The topological polar surface area (TPSA) is 66.8 Å². The third-order valence-electron chi connectivity index (χ3n) is 4.97. The van der Waals surface area contributed by atoms with Crippen molar-refractivity contribution in [2.45, 2.75) is 51.2 Å². The molecule has 1 N–H and O–H groups in total. The second-order valence-electron chi connectivity index (χ2n) is 7.72. The minimum absolute atomic E-state index is 0.361. The van der Waals surface area contributed by atoms with Crippen LogP contribution in [-0.4, -0.2) is 34.2 Å². The molecule has 2 aliphatic heterocycles. The van der Waals surface area contributed by atoms with Crippen LogP contribution in [0.1, 0.15) is 45.6 Å². The Morgan fingerprint density at radius 1 is 1.17 bits per heavy atom. The first-order valence-corrected chi connectivity index (χ1v) is 7.98. The molecule has 2 heterocycles. The molecule has 1 saturated carbocycles. The van der Waals surface area contributed by atoms with Gasteiger partial charge in [-0.25, -0.2) is 4.79 Å². The van der Waals surface area contributed by atoms with E-state index in [0.29, 0.717) is 25.8 Å². The van der Waals surface area contributed by atoms with E-state index in [0.717, 1.165) is 5.56 Å². The van der Waals surface area contributed by atoms with Gasteiger partial charge >= 0.3 is 12.1 Å². The molecule has 3 aliphatic rings. The van der Waals surface area contributed by atoms with Crippen LogP contribution < -0.4 is 0 Å². The summed E-state index contributed by atoms with van der Waals surface area (Å²) >= 11 is 0. The number of benzene rings is 1. The third kappa shape index (κ3) is 2.48. The predicted molar refractivity (Wildman–Crippen MR) is 85.0 cm³/mol. The van der Waals surface area contributed by atoms with E-state index < -0.39 is 22.5 Å². The minimum atomic E-state index is -0.757. The van der Waals surface area contributed by atoms with E-state index in [9.17, 15) is 14.7 Å². The molecule has 0 radical (unpaired) electrons. The SMILES string of the molecule is CC(C)(C)OC(=O)N1CCC2(C(=O)O)CC1(c1ccccc1)C2. The number of carbonyl (C=O) groups is 2. The van der Waals surface area contributed by atoms with Crippen molar-refractivity contribution in [3.8, 4) is 0 Å². The van der Waals surface area contributed by atoms with Gasteiger partial charge in [-0.1, -0.05) is 30.3 Å². The van der Waals surface area contributed by atoms with Crippen LogP contribution in [-0.2, 0) is 15.1 Å². The average Bonchev–Trinajstić information content (AvgIpc) is 2.44. The van der Waals surface area contributed by atoms with Crippen LogP contribution >= 0.6 is 0 Å². The van der Waals surface area contributed by atoms with E-state index in [2.05, 4.69) is 0 Å². The number of piperidine rings is 2. The van der Waals surface area contributed by atoms with Crippen molar-refractivity contribution in [3.05, 3.63) is 35.9 Å². The fourth-order valence-corrected chi connectivity index (χ4v) is 3.92. The summed E-state index contributed by atoms with van der Waals surface area (Å²) in [4.78, 5) is 26.1. The highest BCUT2D eigenvalue weighted by atomic mass is 16.6. The van der Waals surface area contributed by atoms with Crippen LogP contribution in [0, 0.1) is 5.41 Å². The second kappa shape index (κ2) is 4.98. The summed E-state index contributed by atoms with van der Waals surface area (Å²) in [5.74, 6) is -0.757. The number of ether oxygens (including phenoxy) is 1. The molecule has 3 fully saturated rings. The van der Waals surface area contributed by atoms with Crippen molar-refractivity contribution >= 4 is 12.1 Å². The molecule has 5 heteroatoms. The van der Waals surface area contributed by atoms with Gasteiger partial charge in [0.2, 0.25) is 0 Å². The fraction of sp³-hybridized carbons (Fsp3) is 0.556. The van der Waals surface area contributed by atoms with Crippen LogP contribution in [0.4, 0.5) is 4.79 Å². The summed E-state index contributed by atoms with van der Waals surface area (Å²) in [5.41, 5.74) is -0.836. The molecule has 1 aliphatic carbocycles. The normalized spacial score (nSPS) is 29.6. The molecule has 0 aromatic heterocycles. The molecule has 1 amide bonds. The van der Waals surface area contributed by atoms with Gasteiger partial charge in [0, 0.05) is 6.54 Å². The molecule has 5 nitrogen and oxygen atoms in total. The number of fused-ring (bicyclic) bond motifs is 2. The Kier molecular flexibility index (Phi) is 3.43. The van der Waals surface area contributed by atoms with E-state index in [1.807, 2.05) is 51.1 Å². The molecule has 2 saturated heterocycles. The lowest BCUT2D eigenvalue weighted by molar-refractivity contribution is -0.186. The van der Waals surface area contributed by atoms with E-state index in [4.69, 9.17) is 4.74 Å². The van der Waals surface area contributed by atoms with E-state index >= 15 is 0 Å². The molecular formula is C18H23NO4. The Hall–Kier alpha value is -2.04. The first-order chi connectivity index (χ1) is 10.7. The Bertz CT molecular complexity index is 626. The third-order valence-corrected chi connectivity index (χ3v) is 4.97. The zero-order chi connectivity index (χ0) is 16.9. The van der Waals surface area contributed by atoms with Gasteiger partial charge < -0.3 is 9.84 Å². The molecule has 4 rings (SSSR count). The molecule has 0 unspecified atom stereocenters. The maximum Gasteiger partial charge on any atom is 0.411 e. The number of carboxylic acid groups (broad SMARTS) is 1. The zero-order valence-corrected chi connectivity index (χ0v) is 13.8. The zero-order valence-electron chi connectivity index (χ0n) is 13.8. The Balaban J connectivity index is 1.94. The standard InChI is InChI=1S/C18H23NO4/c1-16(2,3)23-15(22)19-10-9-17(14(20)21)11-18(19,12-17)13-7-5-4-6-8-13/h4-8H,9-12H2,1-3H3,(H,20,21). The highest BCUT2D eigenvalue weighted by Gasteiger charge is 2.66. The Morgan fingerprint density at radius 3 is 2.30 bits per heavy atom. The van der Waals surface area contributed by atoms with Gasteiger partial charge in [0.15, 0.2) is 0 Å². The van der Waals surface area contributed by atoms with Crippen LogP contribution in [0.2, 0.25) is 0 Å². The number of nitrogens with zero attached hydrogens (tertiary/aromatic N) is 1. The lowest BCUT2D eigenvalue weighted by Gasteiger charge is -2.63. The molecule has 0 atom stereocenters. The van der Waals surface area contributed by atoms with E-state index in [-0.39, 0.29) is 6.09 Å². The summed E-state index contributed by atoms with van der Waals surface area (Å²) in [6, 6.07) is 9.70. The van der Waals surface area contributed by atoms with Crippen LogP contribution in [0.15, 0.2) is 30.3 Å². The maximum absolute atomic E-state index is 12.7.